The van der Waals surface area contributed by atoms with E-state index in [1.54, 1.807) is 31.2 Å². The van der Waals surface area contributed by atoms with Gasteiger partial charge in [0.05, 0.1) is 15.5 Å². The largest absolute Gasteiger partial charge is 0.375 e. The minimum atomic E-state index is -0.462. The maximum absolute atomic E-state index is 11.0. The second kappa shape index (κ2) is 9.53. The molecule has 1 heterocycles. The standard InChI is InChI=1S/C16H17N7O3S2/c1-9-14(28-16(18-9)22-19-10(2)24)13(20-21-15(17)27)8-5-11-3-6-12(7-4-11)23(25)26/h3-8H,1-2H3,(H,18,22)(H,19,24)(H3,17,21,27). The highest BCUT2D eigenvalue weighted by Gasteiger charge is 2.13. The van der Waals surface area contributed by atoms with E-state index in [1.807, 2.05) is 0 Å². The molecule has 1 amide bonds. The van der Waals surface area contributed by atoms with Crippen LogP contribution < -0.4 is 22.0 Å². The van der Waals surface area contributed by atoms with E-state index in [1.165, 1.54) is 30.4 Å². The Bertz CT molecular complexity index is 952. The van der Waals surface area contributed by atoms with Gasteiger partial charge in [0.2, 0.25) is 11.0 Å². The van der Waals surface area contributed by atoms with Gasteiger partial charge in [0.15, 0.2) is 5.11 Å². The quantitative estimate of drug-likeness (QED) is 0.231. The number of hydrogen-bond donors (Lipinski definition) is 4. The number of nitro benzene ring substituents is 1. The molecule has 12 heteroatoms. The van der Waals surface area contributed by atoms with Crippen LogP contribution in [0.2, 0.25) is 0 Å². The maximum atomic E-state index is 11.0. The van der Waals surface area contributed by atoms with Crippen molar-refractivity contribution in [1.82, 2.24) is 15.8 Å². The van der Waals surface area contributed by atoms with E-state index >= 15 is 0 Å². The Labute approximate surface area is 169 Å². The SMILES string of the molecule is CC(=O)NNc1nc(C)c(C(C=Cc2ccc([N+](=O)[O-])cc2)=NNC(N)=S)s1. The Hall–Kier alpha value is -3.38. The number of aromatic nitrogens is 1. The Morgan fingerprint density at radius 2 is 2.07 bits per heavy atom. The van der Waals surface area contributed by atoms with Crippen LogP contribution in [-0.4, -0.2) is 26.6 Å². The van der Waals surface area contributed by atoms with Gasteiger partial charge in [-0.2, -0.15) is 5.10 Å². The molecule has 0 spiro atoms. The third kappa shape index (κ3) is 6.10. The van der Waals surface area contributed by atoms with Crippen molar-refractivity contribution in [3.05, 3.63) is 56.6 Å². The highest BCUT2D eigenvalue weighted by Crippen LogP contribution is 2.24. The number of hydrazine groups is 1. The van der Waals surface area contributed by atoms with Crippen LogP contribution in [0.25, 0.3) is 6.08 Å². The summed E-state index contributed by atoms with van der Waals surface area (Å²) in [6, 6.07) is 6.07. The molecule has 0 aliphatic rings. The number of carbonyl (C=O) groups excluding carboxylic acids is 1. The zero-order valence-corrected chi connectivity index (χ0v) is 16.6. The van der Waals surface area contributed by atoms with Gasteiger partial charge in [-0.1, -0.05) is 17.4 Å². The Balaban J connectivity index is 2.29. The van der Waals surface area contributed by atoms with Gasteiger partial charge >= 0.3 is 0 Å². The van der Waals surface area contributed by atoms with E-state index < -0.39 is 4.92 Å². The Morgan fingerprint density at radius 1 is 1.39 bits per heavy atom. The minimum absolute atomic E-state index is 0.000000845. The summed E-state index contributed by atoms with van der Waals surface area (Å²) in [6.45, 7) is 3.17. The monoisotopic (exact) mass is 419 g/mol. The molecule has 146 valence electrons. The maximum Gasteiger partial charge on any atom is 0.269 e. The molecule has 2 aromatic rings. The lowest BCUT2D eigenvalue weighted by Crippen LogP contribution is -2.26. The number of allylic oxidation sites excluding steroid dienone is 1. The number of thiocarbonyl (C=S) groups is 1. The van der Waals surface area contributed by atoms with E-state index in [0.29, 0.717) is 16.5 Å². The van der Waals surface area contributed by atoms with E-state index in [0.717, 1.165) is 10.4 Å². The first-order valence-corrected chi connectivity index (χ1v) is 9.05. The van der Waals surface area contributed by atoms with Crippen LogP contribution in [0, 0.1) is 17.0 Å². The molecular weight excluding hydrogens is 402 g/mol. The molecule has 0 saturated heterocycles. The fourth-order valence-electron chi connectivity index (χ4n) is 1.99. The molecular formula is C16H17N7O3S2. The van der Waals surface area contributed by atoms with Crippen LogP contribution in [-0.2, 0) is 4.79 Å². The van der Waals surface area contributed by atoms with E-state index in [-0.39, 0.29) is 16.7 Å². The van der Waals surface area contributed by atoms with Gasteiger partial charge in [0.1, 0.15) is 5.71 Å². The molecule has 0 unspecified atom stereocenters. The molecule has 0 bridgehead atoms. The van der Waals surface area contributed by atoms with Crippen LogP contribution >= 0.6 is 23.6 Å². The van der Waals surface area contributed by atoms with Crippen LogP contribution in [0.5, 0.6) is 0 Å². The van der Waals surface area contributed by atoms with Crippen molar-refractivity contribution in [2.24, 2.45) is 10.8 Å². The number of thiazole rings is 1. The van der Waals surface area contributed by atoms with Gasteiger partial charge in [-0.15, -0.1) is 0 Å². The fraction of sp³-hybridized carbons (Fsp3) is 0.125. The molecule has 1 aromatic heterocycles. The van der Waals surface area contributed by atoms with Crippen molar-refractivity contribution < 1.29 is 9.72 Å². The molecule has 0 aliphatic carbocycles. The van der Waals surface area contributed by atoms with Gasteiger partial charge in [-0.3, -0.25) is 31.2 Å². The molecule has 0 aliphatic heterocycles. The molecule has 0 fully saturated rings. The smallest absolute Gasteiger partial charge is 0.269 e. The number of amides is 1. The zero-order chi connectivity index (χ0) is 20.7. The predicted molar refractivity (Wildman–Crippen MR) is 113 cm³/mol. The Morgan fingerprint density at radius 3 is 2.64 bits per heavy atom. The fourth-order valence-corrected chi connectivity index (χ4v) is 2.93. The topological polar surface area (TPSA) is 148 Å². The summed E-state index contributed by atoms with van der Waals surface area (Å²) < 4.78 is 0. The third-order valence-corrected chi connectivity index (χ3v) is 4.39. The first-order valence-electron chi connectivity index (χ1n) is 7.82. The number of non-ortho nitro benzene ring substituents is 1. The molecule has 5 N–H and O–H groups in total. The summed E-state index contributed by atoms with van der Waals surface area (Å²) in [4.78, 5) is 26.4. The van der Waals surface area contributed by atoms with Gasteiger partial charge in [0.25, 0.3) is 5.69 Å². The number of hydrazone groups is 1. The van der Waals surface area contributed by atoms with Crippen LogP contribution in [0.4, 0.5) is 10.8 Å². The number of carbonyl (C=O) groups is 1. The Kier molecular flexibility index (Phi) is 7.12. The second-order valence-corrected chi connectivity index (χ2v) is 6.83. The molecule has 2 rings (SSSR count). The number of nitro groups is 1. The van der Waals surface area contributed by atoms with Crippen molar-refractivity contribution in [3.63, 3.8) is 0 Å². The van der Waals surface area contributed by atoms with Gasteiger partial charge in [-0.25, -0.2) is 4.98 Å². The number of aryl methyl sites for hydroxylation is 1. The van der Waals surface area contributed by atoms with Crippen LogP contribution in [0.1, 0.15) is 23.1 Å². The van der Waals surface area contributed by atoms with Gasteiger partial charge < -0.3 is 5.73 Å². The number of rotatable bonds is 7. The highest BCUT2D eigenvalue weighted by atomic mass is 32.1. The van der Waals surface area contributed by atoms with Crippen molar-refractivity contribution >= 4 is 57.2 Å². The number of nitrogens with one attached hydrogen (secondary N) is 3. The number of nitrogens with zero attached hydrogens (tertiary/aromatic N) is 3. The number of benzene rings is 1. The van der Waals surface area contributed by atoms with E-state index in [2.05, 4.69) is 26.4 Å². The van der Waals surface area contributed by atoms with Crippen molar-refractivity contribution in [3.8, 4) is 0 Å². The summed E-state index contributed by atoms with van der Waals surface area (Å²) in [5.41, 5.74) is 15.1. The van der Waals surface area contributed by atoms with Crippen molar-refractivity contribution in [2.45, 2.75) is 13.8 Å². The molecule has 0 radical (unpaired) electrons. The lowest BCUT2D eigenvalue weighted by Gasteiger charge is -2.02. The summed E-state index contributed by atoms with van der Waals surface area (Å²) in [6.07, 6.45) is 3.44. The lowest BCUT2D eigenvalue weighted by atomic mass is 10.1. The minimum Gasteiger partial charge on any atom is -0.375 e. The average Bonchev–Trinajstić information content (AvgIpc) is 3.01. The molecule has 0 atom stereocenters. The molecule has 28 heavy (non-hydrogen) atoms. The summed E-state index contributed by atoms with van der Waals surface area (Å²) in [5.74, 6) is -0.253. The van der Waals surface area contributed by atoms with Crippen molar-refractivity contribution in [1.29, 1.82) is 0 Å². The summed E-state index contributed by atoms with van der Waals surface area (Å²) >= 11 is 6.06. The zero-order valence-electron chi connectivity index (χ0n) is 14.9. The highest BCUT2D eigenvalue weighted by molar-refractivity contribution is 7.80. The lowest BCUT2D eigenvalue weighted by molar-refractivity contribution is -0.384. The number of anilines is 1. The second-order valence-electron chi connectivity index (χ2n) is 5.39. The van der Waals surface area contributed by atoms with Crippen LogP contribution in [0.3, 0.4) is 0 Å². The summed E-state index contributed by atoms with van der Waals surface area (Å²) in [7, 11) is 0. The predicted octanol–water partition coefficient (Wildman–Crippen LogP) is 2.07. The first kappa shape index (κ1) is 20.9. The molecule has 1 aromatic carbocycles. The average molecular weight is 419 g/mol. The van der Waals surface area contributed by atoms with Gasteiger partial charge in [-0.05, 0) is 42.9 Å². The molecule has 0 saturated carbocycles. The summed E-state index contributed by atoms with van der Waals surface area (Å²) in [5, 5.41) is 15.4. The third-order valence-electron chi connectivity index (χ3n) is 3.20. The molecule has 10 nitrogen and oxygen atoms in total. The van der Waals surface area contributed by atoms with Crippen molar-refractivity contribution in [2.75, 3.05) is 5.43 Å². The van der Waals surface area contributed by atoms with E-state index in [9.17, 15) is 14.9 Å². The number of hydrogen-bond acceptors (Lipinski definition) is 8. The van der Waals surface area contributed by atoms with E-state index in [4.69, 9.17) is 18.0 Å². The van der Waals surface area contributed by atoms with Crippen LogP contribution in [0.15, 0.2) is 35.4 Å². The first-order chi connectivity index (χ1) is 13.3. The van der Waals surface area contributed by atoms with Gasteiger partial charge in [0, 0.05) is 19.1 Å². The normalized spacial score (nSPS) is 11.3. The number of nitrogens with two attached hydrogens (primary N) is 1.